The van der Waals surface area contributed by atoms with Gasteiger partial charge in [0, 0.05) is 23.5 Å². The fourth-order valence-corrected chi connectivity index (χ4v) is 2.93. The van der Waals surface area contributed by atoms with Crippen LogP contribution in [-0.4, -0.2) is 10.6 Å². The maximum absolute atomic E-state index is 14.4. The van der Waals surface area contributed by atoms with E-state index in [0.717, 1.165) is 36.6 Å². The Morgan fingerprint density at radius 3 is 2.35 bits per heavy atom. The van der Waals surface area contributed by atoms with Gasteiger partial charge in [0.2, 0.25) is 0 Å². The molecule has 1 aliphatic heterocycles. The molecule has 31 heavy (non-hydrogen) atoms. The number of nitrogens with zero attached hydrogens (tertiary/aromatic N) is 1. The van der Waals surface area contributed by atoms with Gasteiger partial charge >= 0.3 is 0 Å². The zero-order valence-corrected chi connectivity index (χ0v) is 19.1. The van der Waals surface area contributed by atoms with Gasteiger partial charge in [0.05, 0.1) is 22.7 Å². The molecule has 3 nitrogen and oxygen atoms in total. The summed E-state index contributed by atoms with van der Waals surface area (Å²) in [4.78, 5) is 1.69. The quantitative estimate of drug-likeness (QED) is 0.329. The number of anilines is 1. The molecule has 1 aromatic carbocycles. The third-order valence-corrected chi connectivity index (χ3v) is 4.83. The summed E-state index contributed by atoms with van der Waals surface area (Å²) in [5, 5.41) is 8.34. The molecule has 0 amide bonds. The highest BCUT2D eigenvalue weighted by atomic mass is 19.1. The minimum absolute atomic E-state index is 0.106. The van der Waals surface area contributed by atoms with E-state index in [1.54, 1.807) is 35.5 Å². The van der Waals surface area contributed by atoms with Crippen molar-refractivity contribution < 1.29 is 8.78 Å². The summed E-state index contributed by atoms with van der Waals surface area (Å²) in [5.41, 5.74) is 7.72. The van der Waals surface area contributed by atoms with Crippen LogP contribution in [0.15, 0.2) is 66.7 Å². The van der Waals surface area contributed by atoms with Crippen LogP contribution in [0.4, 0.5) is 14.5 Å². The largest absolute Gasteiger partial charge is 0.396 e. The van der Waals surface area contributed by atoms with Gasteiger partial charge < -0.3 is 16.0 Å². The number of benzene rings is 1. The lowest BCUT2D eigenvalue weighted by molar-refractivity contribution is 0.577. The molecule has 0 bridgehead atoms. The standard InChI is InChI=1S/C22H25F2N3.C4H10/c1-4-7-9-16(18(25)8-5-2)20-13-10-15(14-27(20)6-3)21-17(23)11-12-19(26)22(21)24;1-3-4-2/h5-6,8,10-14,25H,3-4,7,9,26H2,1-2H3;3-4H2,1-2H3/b8-5-,20-16+,25-18?;. The Balaban J connectivity index is 0.00000110. The zero-order valence-electron chi connectivity index (χ0n) is 19.1. The Morgan fingerprint density at radius 1 is 1.13 bits per heavy atom. The minimum Gasteiger partial charge on any atom is -0.396 e. The van der Waals surface area contributed by atoms with Crippen LogP contribution in [0.2, 0.25) is 0 Å². The maximum Gasteiger partial charge on any atom is 0.156 e. The molecule has 1 aliphatic rings. The summed E-state index contributed by atoms with van der Waals surface area (Å²) in [6.07, 6.45) is 15.4. The first-order chi connectivity index (χ1) is 14.9. The molecule has 0 aliphatic carbocycles. The van der Waals surface area contributed by atoms with Gasteiger partial charge in [-0.1, -0.05) is 58.8 Å². The molecular weight excluding hydrogens is 392 g/mol. The van der Waals surface area contributed by atoms with Crippen LogP contribution in [0.5, 0.6) is 0 Å². The molecule has 0 atom stereocenters. The van der Waals surface area contributed by atoms with Gasteiger partial charge in [0.1, 0.15) is 5.82 Å². The van der Waals surface area contributed by atoms with E-state index in [0.29, 0.717) is 11.3 Å². The fraction of sp³-hybridized carbons (Fsp3) is 0.346. The number of allylic oxidation sites excluding steroid dienone is 6. The number of nitrogens with one attached hydrogen (secondary N) is 1. The van der Waals surface area contributed by atoms with Crippen molar-refractivity contribution in [2.24, 2.45) is 0 Å². The van der Waals surface area contributed by atoms with Crippen LogP contribution in [0.25, 0.3) is 5.57 Å². The lowest BCUT2D eigenvalue weighted by Crippen LogP contribution is -2.17. The molecule has 168 valence electrons. The Hall–Kier alpha value is -2.95. The summed E-state index contributed by atoms with van der Waals surface area (Å²) >= 11 is 0. The second-order valence-corrected chi connectivity index (χ2v) is 7.21. The lowest BCUT2D eigenvalue weighted by atomic mass is 9.96. The second-order valence-electron chi connectivity index (χ2n) is 7.21. The van der Waals surface area contributed by atoms with E-state index in [4.69, 9.17) is 11.1 Å². The third-order valence-electron chi connectivity index (χ3n) is 4.83. The minimum atomic E-state index is -0.782. The molecule has 2 rings (SSSR count). The molecule has 1 heterocycles. The number of rotatable bonds is 8. The van der Waals surface area contributed by atoms with Gasteiger partial charge in [0.25, 0.3) is 0 Å². The predicted molar refractivity (Wildman–Crippen MR) is 130 cm³/mol. The van der Waals surface area contributed by atoms with E-state index in [1.165, 1.54) is 18.9 Å². The van der Waals surface area contributed by atoms with E-state index in [2.05, 4.69) is 27.4 Å². The second kappa shape index (κ2) is 13.4. The smallest absolute Gasteiger partial charge is 0.156 e. The van der Waals surface area contributed by atoms with Crippen LogP contribution >= 0.6 is 0 Å². The van der Waals surface area contributed by atoms with Crippen molar-refractivity contribution in [1.82, 2.24) is 4.90 Å². The van der Waals surface area contributed by atoms with Crippen molar-refractivity contribution in [3.63, 3.8) is 0 Å². The maximum atomic E-state index is 14.4. The van der Waals surface area contributed by atoms with Crippen molar-refractivity contribution in [3.05, 3.63) is 83.9 Å². The number of hydrogen-bond donors (Lipinski definition) is 2. The van der Waals surface area contributed by atoms with E-state index >= 15 is 0 Å². The van der Waals surface area contributed by atoms with Crippen molar-refractivity contribution >= 4 is 17.0 Å². The lowest BCUT2D eigenvalue weighted by Gasteiger charge is -2.26. The molecule has 5 heteroatoms. The van der Waals surface area contributed by atoms with Crippen molar-refractivity contribution in [2.45, 2.75) is 59.8 Å². The first-order valence-electron chi connectivity index (χ1n) is 10.8. The Labute approximate surface area is 185 Å². The van der Waals surface area contributed by atoms with Gasteiger partial charge in [-0.25, -0.2) is 8.78 Å². The fourth-order valence-electron chi connectivity index (χ4n) is 2.93. The monoisotopic (exact) mass is 427 g/mol. The average molecular weight is 428 g/mol. The summed E-state index contributed by atoms with van der Waals surface area (Å²) in [6, 6.07) is 2.36. The van der Waals surface area contributed by atoms with Crippen LogP contribution in [0.3, 0.4) is 0 Å². The molecular formula is C26H35F2N3. The average Bonchev–Trinajstić information content (AvgIpc) is 2.77. The molecule has 0 radical (unpaired) electrons. The van der Waals surface area contributed by atoms with Gasteiger partial charge in [-0.3, -0.25) is 0 Å². The SMILES string of the molecule is C=CN1C=C(c2c(F)ccc(N)c2F)C=C/C1=C(/CCCC)C(=N)/C=C\C.CCCC. The third kappa shape index (κ3) is 7.06. The van der Waals surface area contributed by atoms with Crippen LogP contribution in [0, 0.1) is 17.0 Å². The molecule has 0 saturated carbocycles. The van der Waals surface area contributed by atoms with E-state index in [9.17, 15) is 8.78 Å². The van der Waals surface area contributed by atoms with Crippen molar-refractivity contribution in [2.75, 3.05) is 5.73 Å². The topological polar surface area (TPSA) is 53.1 Å². The van der Waals surface area contributed by atoms with Crippen LogP contribution in [0.1, 0.15) is 65.4 Å². The normalized spacial score (nSPS) is 14.8. The summed E-state index contributed by atoms with van der Waals surface area (Å²) in [5.74, 6) is -1.46. The molecule has 0 unspecified atom stereocenters. The molecule has 1 aromatic rings. The Bertz CT molecular complexity index is 890. The van der Waals surface area contributed by atoms with Crippen molar-refractivity contribution in [1.29, 1.82) is 5.41 Å². The molecule has 0 aromatic heterocycles. The van der Waals surface area contributed by atoms with Gasteiger partial charge in [-0.2, -0.15) is 0 Å². The molecule has 0 saturated heterocycles. The van der Waals surface area contributed by atoms with Crippen molar-refractivity contribution in [3.8, 4) is 0 Å². The number of nitrogen functional groups attached to an aromatic ring is 1. The summed E-state index contributed by atoms with van der Waals surface area (Å²) in [7, 11) is 0. The van der Waals surface area contributed by atoms with E-state index < -0.39 is 11.6 Å². The first kappa shape index (κ1) is 26.1. The first-order valence-corrected chi connectivity index (χ1v) is 10.8. The van der Waals surface area contributed by atoms with Gasteiger partial charge in [0.15, 0.2) is 5.82 Å². The highest BCUT2D eigenvalue weighted by Gasteiger charge is 2.20. The van der Waals surface area contributed by atoms with Crippen LogP contribution < -0.4 is 5.73 Å². The van der Waals surface area contributed by atoms with Crippen LogP contribution in [-0.2, 0) is 0 Å². The molecule has 0 spiro atoms. The van der Waals surface area contributed by atoms with Gasteiger partial charge in [-0.15, -0.1) is 0 Å². The van der Waals surface area contributed by atoms with E-state index in [1.807, 2.05) is 13.0 Å². The predicted octanol–water partition coefficient (Wildman–Crippen LogP) is 7.75. The summed E-state index contributed by atoms with van der Waals surface area (Å²) in [6.45, 7) is 12.1. The molecule has 3 N–H and O–H groups in total. The summed E-state index contributed by atoms with van der Waals surface area (Å²) < 4.78 is 28.6. The van der Waals surface area contributed by atoms with E-state index in [-0.39, 0.29) is 11.3 Å². The Kier molecular flexibility index (Phi) is 11.3. The molecule has 0 fully saturated rings. The highest BCUT2D eigenvalue weighted by Crippen LogP contribution is 2.32. The number of hydrogen-bond acceptors (Lipinski definition) is 3. The van der Waals surface area contributed by atoms with Gasteiger partial charge in [-0.05, 0) is 44.1 Å². The Morgan fingerprint density at radius 2 is 1.81 bits per heavy atom. The number of nitrogens with two attached hydrogens (primary N) is 1. The number of unbranched alkanes of at least 4 members (excludes halogenated alkanes) is 2. The zero-order chi connectivity index (χ0) is 23.4. The highest BCUT2D eigenvalue weighted by molar-refractivity contribution is 6.07. The number of halogens is 2.